The van der Waals surface area contributed by atoms with Gasteiger partial charge >= 0.3 is 6.09 Å². The summed E-state index contributed by atoms with van der Waals surface area (Å²) >= 11 is 4.49. The van der Waals surface area contributed by atoms with Gasteiger partial charge < -0.3 is 19.7 Å². The Hall–Kier alpha value is 0.260. The van der Waals surface area contributed by atoms with Crippen molar-refractivity contribution < 1.29 is 19.2 Å². The minimum atomic E-state index is -0.907. The first kappa shape index (κ1) is 22.3. The predicted octanol–water partition coefficient (Wildman–Crippen LogP) is 1.62. The number of nitrogens with zero attached hydrogens (tertiary/aromatic N) is 1. The van der Waals surface area contributed by atoms with Crippen molar-refractivity contribution in [3.63, 3.8) is 0 Å². The van der Waals surface area contributed by atoms with Crippen LogP contribution in [0.25, 0.3) is 0 Å². The zero-order valence-electron chi connectivity index (χ0n) is 12.7. The zero-order valence-corrected chi connectivity index (χ0v) is 16.0. The van der Waals surface area contributed by atoms with Crippen molar-refractivity contribution in [2.45, 2.75) is 6.92 Å². The first-order valence-electron chi connectivity index (χ1n) is 6.82. The average molecular weight is 389 g/mol. The minimum absolute atomic E-state index is 0.0322. The van der Waals surface area contributed by atoms with Gasteiger partial charge in [-0.15, -0.1) is 35.3 Å². The van der Waals surface area contributed by atoms with Gasteiger partial charge in [-0.3, -0.25) is 0 Å². The van der Waals surface area contributed by atoms with Gasteiger partial charge in [-0.05, 0) is 18.1 Å². The van der Waals surface area contributed by atoms with Crippen molar-refractivity contribution in [1.29, 1.82) is 0 Å². The van der Waals surface area contributed by atoms with Crippen molar-refractivity contribution in [2.75, 3.05) is 53.7 Å². The van der Waals surface area contributed by atoms with E-state index >= 15 is 0 Å². The lowest BCUT2D eigenvalue weighted by atomic mass is 10.7. The third-order valence-corrected chi connectivity index (χ3v) is 6.60. The summed E-state index contributed by atoms with van der Waals surface area (Å²) in [6.45, 7) is 3.03. The van der Waals surface area contributed by atoms with Gasteiger partial charge in [0.1, 0.15) is 12.4 Å². The van der Waals surface area contributed by atoms with E-state index in [1.54, 1.807) is 11.8 Å². The van der Waals surface area contributed by atoms with Crippen LogP contribution in [-0.4, -0.2) is 75.0 Å². The molecule has 1 amide bonds. The van der Waals surface area contributed by atoms with E-state index in [4.69, 9.17) is 5.11 Å². The van der Waals surface area contributed by atoms with Gasteiger partial charge in [0.2, 0.25) is 5.55 Å². The Morgan fingerprint density at radius 2 is 2.09 bits per heavy atom. The molecule has 0 aliphatic heterocycles. The van der Waals surface area contributed by atoms with E-state index in [1.807, 2.05) is 30.4 Å². The maximum absolute atomic E-state index is 11.1. The van der Waals surface area contributed by atoms with Gasteiger partial charge in [0, 0.05) is 28.2 Å². The largest absolute Gasteiger partial charge is 0.611 e. The Morgan fingerprint density at radius 3 is 2.77 bits per heavy atom. The molecule has 0 aromatic rings. The summed E-state index contributed by atoms with van der Waals surface area (Å²) in [5.41, 5.74) is 1.53. The fourth-order valence-corrected chi connectivity index (χ4v) is 4.68. The van der Waals surface area contributed by atoms with Crippen LogP contribution in [0.5, 0.6) is 0 Å². The molecule has 22 heavy (non-hydrogen) atoms. The highest BCUT2D eigenvalue weighted by Gasteiger charge is 1.99. The van der Waals surface area contributed by atoms with Crippen LogP contribution in [0.4, 0.5) is 4.79 Å². The van der Waals surface area contributed by atoms with E-state index in [2.05, 4.69) is 15.0 Å². The molecule has 10 heteroatoms. The number of thioether (sulfide) groups is 3. The van der Waals surface area contributed by atoms with Crippen LogP contribution in [0.3, 0.4) is 0 Å². The first-order chi connectivity index (χ1) is 10.7. The number of hydrogen-bond donors (Lipinski definition) is 2. The van der Waals surface area contributed by atoms with Crippen molar-refractivity contribution in [3.8, 4) is 0 Å². The van der Waals surface area contributed by atoms with E-state index in [1.165, 1.54) is 5.55 Å². The first-order valence-corrected chi connectivity index (χ1v) is 11.7. The van der Waals surface area contributed by atoms with Crippen molar-refractivity contribution in [1.82, 2.24) is 5.32 Å². The van der Waals surface area contributed by atoms with E-state index in [0.717, 1.165) is 21.7 Å². The Bertz CT molecular complexity index is 298. The SMILES string of the molecule is CC[S+]([O-])/C=N/CCSCSCSCCNC(=O)OCCO. The fraction of sp³-hybridized carbons (Fsp3) is 0.833. The van der Waals surface area contributed by atoms with Crippen molar-refractivity contribution in [3.05, 3.63) is 0 Å². The molecule has 0 saturated carbocycles. The van der Waals surface area contributed by atoms with Gasteiger partial charge in [-0.1, -0.05) is 0 Å². The lowest BCUT2D eigenvalue weighted by Gasteiger charge is -2.05. The summed E-state index contributed by atoms with van der Waals surface area (Å²) in [6, 6.07) is 0. The number of nitrogens with one attached hydrogen (secondary N) is 1. The fourth-order valence-electron chi connectivity index (χ4n) is 1.01. The molecule has 1 atom stereocenters. The molecule has 2 N–H and O–H groups in total. The van der Waals surface area contributed by atoms with Gasteiger partial charge in [0.25, 0.3) is 0 Å². The molecule has 0 aliphatic rings. The lowest BCUT2D eigenvalue weighted by molar-refractivity contribution is 0.119. The van der Waals surface area contributed by atoms with Gasteiger partial charge in [0.05, 0.1) is 13.2 Å². The number of aliphatic imine (C=N–C) groups is 1. The number of carbonyl (C=O) groups excluding carboxylic acids is 1. The second-order valence-electron chi connectivity index (χ2n) is 3.72. The van der Waals surface area contributed by atoms with Crippen LogP contribution in [0, 0.1) is 0 Å². The number of aliphatic hydroxyl groups is 1. The van der Waals surface area contributed by atoms with Crippen molar-refractivity contribution >= 4 is 58.1 Å². The summed E-state index contributed by atoms with van der Waals surface area (Å²) in [7, 11) is 0. The predicted molar refractivity (Wildman–Crippen MR) is 101 cm³/mol. The number of ether oxygens (including phenoxy) is 1. The third-order valence-electron chi connectivity index (χ3n) is 2.01. The molecule has 6 nitrogen and oxygen atoms in total. The Kier molecular flexibility index (Phi) is 17.8. The third kappa shape index (κ3) is 16.6. The van der Waals surface area contributed by atoms with Crippen LogP contribution in [0.1, 0.15) is 6.92 Å². The van der Waals surface area contributed by atoms with E-state index in [9.17, 15) is 9.35 Å². The Labute approximate surface area is 148 Å². The highest BCUT2D eigenvalue weighted by Crippen LogP contribution is 2.17. The number of amides is 1. The van der Waals surface area contributed by atoms with Gasteiger partial charge in [-0.2, -0.15) is 0 Å². The number of rotatable bonds is 14. The minimum Gasteiger partial charge on any atom is -0.611 e. The molecule has 0 rings (SSSR count). The van der Waals surface area contributed by atoms with Crippen LogP contribution in [0.2, 0.25) is 0 Å². The zero-order chi connectivity index (χ0) is 16.5. The molecule has 0 radical (unpaired) electrons. The van der Waals surface area contributed by atoms with E-state index in [-0.39, 0.29) is 13.2 Å². The monoisotopic (exact) mass is 388 g/mol. The normalized spacial score (nSPS) is 12.5. The molecule has 0 heterocycles. The molecule has 0 aliphatic carbocycles. The smallest absolute Gasteiger partial charge is 0.407 e. The second-order valence-corrected chi connectivity index (χ2v) is 9.20. The van der Waals surface area contributed by atoms with Gasteiger partial charge in [-0.25, -0.2) is 9.79 Å². The van der Waals surface area contributed by atoms with Crippen LogP contribution in [0.15, 0.2) is 4.99 Å². The highest BCUT2D eigenvalue weighted by atomic mass is 32.2. The Balaban J connectivity index is 3.17. The second kappa shape index (κ2) is 17.6. The van der Waals surface area contributed by atoms with Crippen LogP contribution in [-0.2, 0) is 15.9 Å². The van der Waals surface area contributed by atoms with Crippen LogP contribution >= 0.6 is 35.3 Å². The molecule has 0 bridgehead atoms. The number of hydrogen-bond acceptors (Lipinski definition) is 8. The van der Waals surface area contributed by atoms with Gasteiger partial charge in [0.15, 0.2) is 0 Å². The number of carbonyl (C=O) groups is 1. The summed E-state index contributed by atoms with van der Waals surface area (Å²) in [5.74, 6) is 2.39. The molecule has 0 saturated heterocycles. The summed E-state index contributed by atoms with van der Waals surface area (Å²) in [6.07, 6.45) is -0.484. The molecule has 0 aromatic heterocycles. The van der Waals surface area contributed by atoms with Crippen LogP contribution < -0.4 is 5.32 Å². The highest BCUT2D eigenvalue weighted by molar-refractivity contribution is 8.22. The quantitative estimate of drug-likeness (QED) is 0.153. The molecular formula is C12H24N2O4S4. The van der Waals surface area contributed by atoms with E-state index < -0.39 is 17.3 Å². The molecule has 0 spiro atoms. The topological polar surface area (TPSA) is 94.0 Å². The number of aliphatic hydroxyl groups excluding tert-OH is 1. The number of alkyl carbamates (subject to hydrolysis) is 1. The molecule has 0 fully saturated rings. The molecule has 130 valence electrons. The summed E-state index contributed by atoms with van der Waals surface area (Å²) < 4.78 is 15.7. The molecule has 0 aromatic carbocycles. The summed E-state index contributed by atoms with van der Waals surface area (Å²) in [4.78, 5) is 15.1. The molecule has 1 unspecified atom stereocenters. The Morgan fingerprint density at radius 1 is 1.36 bits per heavy atom. The lowest BCUT2D eigenvalue weighted by Crippen LogP contribution is -2.27. The van der Waals surface area contributed by atoms with Crippen molar-refractivity contribution in [2.24, 2.45) is 4.99 Å². The maximum atomic E-state index is 11.1. The molecular weight excluding hydrogens is 364 g/mol. The standard InChI is InChI=1S/C12H24N2O4S4/c1-2-22(17)9-13-3-7-19-10-21-11-20-8-4-14-12(16)18-6-5-15/h9,15H,2-8,10-11H2,1H3,(H,14,16)/b13-9+. The summed E-state index contributed by atoms with van der Waals surface area (Å²) in [5, 5.41) is 13.1. The van der Waals surface area contributed by atoms with E-state index in [0.29, 0.717) is 18.8 Å². The maximum Gasteiger partial charge on any atom is 0.407 e. The average Bonchev–Trinajstić information content (AvgIpc) is 2.53.